The molecule has 56 heavy (non-hydrogen) atoms. The predicted octanol–water partition coefficient (Wildman–Crippen LogP) is 13.8. The number of nitrogens with zero attached hydrogens (tertiary/aromatic N) is 3. The minimum atomic E-state index is 0.706. The maximum atomic E-state index is 5.18. The van der Waals surface area contributed by atoms with Crippen molar-refractivity contribution in [3.8, 4) is 78.5 Å². The molecule has 0 radical (unpaired) electrons. The molecular formula is C53H35N3. The van der Waals surface area contributed by atoms with Gasteiger partial charge in [0.05, 0.1) is 22.6 Å². The van der Waals surface area contributed by atoms with Crippen LogP contribution in [-0.2, 0) is 0 Å². The summed E-state index contributed by atoms with van der Waals surface area (Å²) in [5.41, 5.74) is 15.0. The molecular weight excluding hydrogens is 679 g/mol. The summed E-state index contributed by atoms with van der Waals surface area (Å²) in [5.74, 6) is 0.706. The van der Waals surface area contributed by atoms with Crippen molar-refractivity contribution in [3.05, 3.63) is 212 Å². The van der Waals surface area contributed by atoms with Gasteiger partial charge in [-0.1, -0.05) is 188 Å². The number of hydrogen-bond donors (Lipinski definition) is 0. The molecule has 3 nitrogen and oxygen atoms in total. The normalized spacial score (nSPS) is 11.2. The van der Waals surface area contributed by atoms with Crippen LogP contribution in [0.1, 0.15) is 0 Å². The van der Waals surface area contributed by atoms with Crippen LogP contribution in [0, 0.1) is 0 Å². The summed E-state index contributed by atoms with van der Waals surface area (Å²) < 4.78 is 0. The zero-order valence-corrected chi connectivity index (χ0v) is 30.5. The van der Waals surface area contributed by atoms with Crippen LogP contribution in [0.15, 0.2) is 212 Å². The lowest BCUT2D eigenvalue weighted by Crippen LogP contribution is -1.95. The first-order chi connectivity index (χ1) is 27.7. The largest absolute Gasteiger partial charge is 0.248 e. The number of hydrogen-bond acceptors (Lipinski definition) is 3. The van der Waals surface area contributed by atoms with Gasteiger partial charge in [-0.2, -0.15) is 0 Å². The summed E-state index contributed by atoms with van der Waals surface area (Å²) >= 11 is 0. The first-order valence-electron chi connectivity index (χ1n) is 18.9. The van der Waals surface area contributed by atoms with Crippen LogP contribution in [0.2, 0.25) is 0 Å². The monoisotopic (exact) mass is 713 g/mol. The molecule has 8 aromatic carbocycles. The molecule has 0 N–H and O–H groups in total. The second-order valence-electron chi connectivity index (χ2n) is 14.0. The molecule has 2 heterocycles. The van der Waals surface area contributed by atoms with Gasteiger partial charge in [0.2, 0.25) is 0 Å². The van der Waals surface area contributed by atoms with Crippen LogP contribution < -0.4 is 0 Å². The molecule has 0 spiro atoms. The molecule has 3 heteroatoms. The van der Waals surface area contributed by atoms with Crippen molar-refractivity contribution in [2.24, 2.45) is 0 Å². The molecule has 0 aliphatic heterocycles. The Morgan fingerprint density at radius 1 is 0.268 bits per heavy atom. The maximum absolute atomic E-state index is 5.18. The second kappa shape index (κ2) is 14.4. The SMILES string of the molecule is c1ccc(-c2cc(-c3ccccc3)nc(-c3ccc(-c4ccc(-c5ccc6ccc7nc(-c8ccccc8)cc(-c8ccccc8)c7c6c5)cc4)cc3)n2)cc1. The van der Waals surface area contributed by atoms with Crippen molar-refractivity contribution in [2.45, 2.75) is 0 Å². The summed E-state index contributed by atoms with van der Waals surface area (Å²) in [7, 11) is 0. The lowest BCUT2D eigenvalue weighted by atomic mass is 9.92. The molecule has 10 aromatic rings. The molecule has 0 unspecified atom stereocenters. The Hall–Kier alpha value is -7.49. The Morgan fingerprint density at radius 2 is 0.679 bits per heavy atom. The van der Waals surface area contributed by atoms with Crippen molar-refractivity contribution < 1.29 is 0 Å². The molecule has 2 aromatic heterocycles. The fourth-order valence-electron chi connectivity index (χ4n) is 7.59. The average Bonchev–Trinajstić information content (AvgIpc) is 3.29. The summed E-state index contributed by atoms with van der Waals surface area (Å²) in [4.78, 5) is 15.2. The summed E-state index contributed by atoms with van der Waals surface area (Å²) in [6, 6.07) is 74.6. The minimum absolute atomic E-state index is 0.706. The number of benzene rings is 8. The molecule has 0 atom stereocenters. The molecule has 0 saturated heterocycles. The highest BCUT2D eigenvalue weighted by Gasteiger charge is 2.15. The Labute approximate surface area is 326 Å². The topological polar surface area (TPSA) is 38.7 Å². The molecule has 10 rings (SSSR count). The van der Waals surface area contributed by atoms with Gasteiger partial charge in [-0.3, -0.25) is 0 Å². The van der Waals surface area contributed by atoms with Gasteiger partial charge in [0.25, 0.3) is 0 Å². The van der Waals surface area contributed by atoms with Crippen LogP contribution in [0.25, 0.3) is 100 Å². The fraction of sp³-hybridized carbons (Fsp3) is 0. The third kappa shape index (κ3) is 6.42. The van der Waals surface area contributed by atoms with Gasteiger partial charge in [0.1, 0.15) is 0 Å². The van der Waals surface area contributed by atoms with Gasteiger partial charge in [-0.05, 0) is 68.4 Å². The van der Waals surface area contributed by atoms with Crippen molar-refractivity contribution in [1.82, 2.24) is 15.0 Å². The summed E-state index contributed by atoms with van der Waals surface area (Å²) in [5, 5.41) is 3.55. The first-order valence-corrected chi connectivity index (χ1v) is 18.9. The second-order valence-corrected chi connectivity index (χ2v) is 14.0. The minimum Gasteiger partial charge on any atom is -0.248 e. The maximum Gasteiger partial charge on any atom is 0.160 e. The van der Waals surface area contributed by atoms with E-state index in [4.69, 9.17) is 15.0 Å². The van der Waals surface area contributed by atoms with Crippen LogP contribution in [0.5, 0.6) is 0 Å². The highest BCUT2D eigenvalue weighted by atomic mass is 14.9. The van der Waals surface area contributed by atoms with Crippen molar-refractivity contribution in [1.29, 1.82) is 0 Å². The standard InChI is InChI=1S/C53H35N3/c1-5-13-39(14-6-1)47-34-49(41-15-7-2-8-16-41)54-48-32-31-40-27-30-45(33-46(40)52(47)48)38-23-21-36(22-24-38)37-25-28-44(29-26-37)53-55-50(42-17-9-3-10-18-42)35-51(56-53)43-19-11-4-12-20-43/h1-35H. The lowest BCUT2D eigenvalue weighted by Gasteiger charge is -2.14. The van der Waals surface area contributed by atoms with Crippen molar-refractivity contribution in [2.75, 3.05) is 0 Å². The molecule has 0 amide bonds. The van der Waals surface area contributed by atoms with Crippen molar-refractivity contribution >= 4 is 21.7 Å². The third-order valence-electron chi connectivity index (χ3n) is 10.5. The Balaban J connectivity index is 0.990. The van der Waals surface area contributed by atoms with Crippen LogP contribution in [0.4, 0.5) is 0 Å². The van der Waals surface area contributed by atoms with Gasteiger partial charge in [0, 0.05) is 27.6 Å². The third-order valence-corrected chi connectivity index (χ3v) is 10.5. The number of aromatic nitrogens is 3. The zero-order chi connectivity index (χ0) is 37.3. The number of rotatable bonds is 7. The van der Waals surface area contributed by atoms with E-state index in [1.54, 1.807) is 0 Å². The molecule has 0 aliphatic rings. The smallest absolute Gasteiger partial charge is 0.160 e. The van der Waals surface area contributed by atoms with E-state index in [2.05, 4.69) is 170 Å². The van der Waals surface area contributed by atoms with E-state index in [1.807, 2.05) is 42.5 Å². The highest BCUT2D eigenvalue weighted by Crippen LogP contribution is 2.38. The van der Waals surface area contributed by atoms with Gasteiger partial charge in [-0.25, -0.2) is 15.0 Å². The Bertz CT molecular complexity index is 2900. The van der Waals surface area contributed by atoms with E-state index in [0.29, 0.717) is 5.82 Å². The zero-order valence-electron chi connectivity index (χ0n) is 30.5. The lowest BCUT2D eigenvalue weighted by molar-refractivity contribution is 1.18. The van der Waals surface area contributed by atoms with Gasteiger partial charge >= 0.3 is 0 Å². The van der Waals surface area contributed by atoms with Crippen LogP contribution >= 0.6 is 0 Å². The molecule has 262 valence electrons. The van der Waals surface area contributed by atoms with E-state index < -0.39 is 0 Å². The van der Waals surface area contributed by atoms with Gasteiger partial charge in [0.15, 0.2) is 5.82 Å². The highest BCUT2D eigenvalue weighted by molar-refractivity contribution is 6.14. The van der Waals surface area contributed by atoms with E-state index in [0.717, 1.165) is 56.0 Å². The van der Waals surface area contributed by atoms with Gasteiger partial charge in [-0.15, -0.1) is 0 Å². The molecule has 0 bridgehead atoms. The van der Waals surface area contributed by atoms with E-state index in [9.17, 15) is 0 Å². The van der Waals surface area contributed by atoms with E-state index >= 15 is 0 Å². The average molecular weight is 714 g/mol. The van der Waals surface area contributed by atoms with E-state index in [-0.39, 0.29) is 0 Å². The van der Waals surface area contributed by atoms with Gasteiger partial charge < -0.3 is 0 Å². The Kier molecular flexibility index (Phi) is 8.51. The molecule has 0 aliphatic carbocycles. The number of fused-ring (bicyclic) bond motifs is 3. The summed E-state index contributed by atoms with van der Waals surface area (Å²) in [6.07, 6.45) is 0. The fourth-order valence-corrected chi connectivity index (χ4v) is 7.59. The summed E-state index contributed by atoms with van der Waals surface area (Å²) in [6.45, 7) is 0. The van der Waals surface area contributed by atoms with Crippen LogP contribution in [-0.4, -0.2) is 15.0 Å². The van der Waals surface area contributed by atoms with Crippen molar-refractivity contribution in [3.63, 3.8) is 0 Å². The first kappa shape index (κ1) is 33.1. The number of pyridine rings is 1. The Morgan fingerprint density at radius 3 is 1.20 bits per heavy atom. The molecule has 0 fully saturated rings. The predicted molar refractivity (Wildman–Crippen MR) is 233 cm³/mol. The van der Waals surface area contributed by atoms with E-state index in [1.165, 1.54) is 38.4 Å². The quantitative estimate of drug-likeness (QED) is 0.154. The molecule has 0 saturated carbocycles. The van der Waals surface area contributed by atoms with Crippen LogP contribution in [0.3, 0.4) is 0 Å².